The summed E-state index contributed by atoms with van der Waals surface area (Å²) >= 11 is 0. The van der Waals surface area contributed by atoms with Gasteiger partial charge in [0, 0.05) is 49.7 Å². The highest BCUT2D eigenvalue weighted by molar-refractivity contribution is 5.68. The van der Waals surface area contributed by atoms with Crippen LogP contribution in [0.5, 0.6) is 0 Å². The Morgan fingerprint density at radius 3 is 2.61 bits per heavy atom. The number of carbonyl (C=O) groups is 1. The van der Waals surface area contributed by atoms with Crippen molar-refractivity contribution in [3.63, 3.8) is 0 Å². The molecule has 1 aromatic rings. The van der Waals surface area contributed by atoms with Gasteiger partial charge >= 0.3 is 6.09 Å². The fraction of sp³-hybridized carbons (Fsp3) is 0.667. The molecule has 126 valence electrons. The quantitative estimate of drug-likeness (QED) is 0.797. The molecular weight excluding hydrogens is 290 g/mol. The van der Waals surface area contributed by atoms with E-state index in [9.17, 15) is 4.79 Å². The lowest BCUT2D eigenvalue weighted by molar-refractivity contribution is 0.0269. The first-order chi connectivity index (χ1) is 10.9. The Bertz CT molecular complexity index is 555. The van der Waals surface area contributed by atoms with Crippen molar-refractivity contribution >= 4 is 11.8 Å². The molecule has 2 aliphatic heterocycles. The molecule has 1 unspecified atom stereocenters. The van der Waals surface area contributed by atoms with Gasteiger partial charge in [0.15, 0.2) is 0 Å². The van der Waals surface area contributed by atoms with Gasteiger partial charge in [0.2, 0.25) is 0 Å². The van der Waals surface area contributed by atoms with E-state index in [0.717, 1.165) is 32.6 Å². The van der Waals surface area contributed by atoms with E-state index in [1.54, 1.807) is 0 Å². The van der Waals surface area contributed by atoms with Crippen molar-refractivity contribution in [2.75, 3.05) is 31.1 Å². The highest BCUT2D eigenvalue weighted by Gasteiger charge is 2.43. The topological polar surface area (TPSA) is 45.7 Å². The Hall–Kier alpha value is -1.78. The Balaban J connectivity index is 1.65. The molecule has 1 atom stereocenters. The molecule has 0 saturated carbocycles. The van der Waals surface area contributed by atoms with Crippen molar-refractivity contribution < 1.29 is 9.53 Å². The van der Waals surface area contributed by atoms with E-state index in [0.29, 0.717) is 0 Å². The molecule has 5 nitrogen and oxygen atoms in total. The van der Waals surface area contributed by atoms with E-state index >= 15 is 0 Å². The van der Waals surface area contributed by atoms with Gasteiger partial charge in [-0.2, -0.15) is 0 Å². The maximum Gasteiger partial charge on any atom is 0.410 e. The first-order valence-corrected chi connectivity index (χ1v) is 8.50. The van der Waals surface area contributed by atoms with Crippen LogP contribution < -0.4 is 4.90 Å². The number of amides is 1. The molecule has 3 heterocycles. The first-order valence-electron chi connectivity index (χ1n) is 8.50. The Morgan fingerprint density at radius 2 is 1.91 bits per heavy atom. The zero-order valence-electron chi connectivity index (χ0n) is 14.4. The molecule has 2 saturated heterocycles. The van der Waals surface area contributed by atoms with Crippen LogP contribution in [0.4, 0.5) is 10.5 Å². The third-order valence-electron chi connectivity index (χ3n) is 4.78. The number of nitrogens with zero attached hydrogens (tertiary/aromatic N) is 3. The molecule has 2 aliphatic rings. The fourth-order valence-corrected chi connectivity index (χ4v) is 3.73. The van der Waals surface area contributed by atoms with E-state index in [-0.39, 0.29) is 11.5 Å². The summed E-state index contributed by atoms with van der Waals surface area (Å²) in [6.07, 6.45) is 6.94. The molecule has 1 spiro atoms. The lowest BCUT2D eigenvalue weighted by Crippen LogP contribution is -2.46. The summed E-state index contributed by atoms with van der Waals surface area (Å²) in [5.41, 5.74) is 1.01. The molecule has 3 rings (SSSR count). The maximum atomic E-state index is 12.3. The molecule has 0 aromatic carbocycles. The van der Waals surface area contributed by atoms with E-state index in [1.807, 2.05) is 38.1 Å². The predicted molar refractivity (Wildman–Crippen MR) is 90.5 cm³/mol. The summed E-state index contributed by atoms with van der Waals surface area (Å²) < 4.78 is 5.53. The van der Waals surface area contributed by atoms with Gasteiger partial charge in [-0.25, -0.2) is 4.79 Å². The number of aromatic nitrogens is 1. The predicted octanol–water partition coefficient (Wildman–Crippen LogP) is 3.31. The molecular formula is C18H27N3O2. The van der Waals surface area contributed by atoms with E-state index < -0.39 is 5.60 Å². The maximum absolute atomic E-state index is 12.3. The van der Waals surface area contributed by atoms with Gasteiger partial charge in [0.1, 0.15) is 5.60 Å². The van der Waals surface area contributed by atoms with Crippen LogP contribution in [0.3, 0.4) is 0 Å². The second kappa shape index (κ2) is 6.02. The molecule has 5 heteroatoms. The number of hydrogen-bond donors (Lipinski definition) is 0. The summed E-state index contributed by atoms with van der Waals surface area (Å²) in [6.45, 7) is 9.46. The zero-order valence-corrected chi connectivity index (χ0v) is 14.4. The van der Waals surface area contributed by atoms with E-state index in [1.165, 1.54) is 18.5 Å². The number of hydrogen-bond acceptors (Lipinski definition) is 4. The summed E-state index contributed by atoms with van der Waals surface area (Å²) in [5, 5.41) is 0. The van der Waals surface area contributed by atoms with Gasteiger partial charge in [-0.1, -0.05) is 0 Å². The molecule has 0 N–H and O–H groups in total. The average molecular weight is 317 g/mol. The van der Waals surface area contributed by atoms with Crippen molar-refractivity contribution in [3.8, 4) is 0 Å². The average Bonchev–Trinajstić information content (AvgIpc) is 2.90. The van der Waals surface area contributed by atoms with Crippen molar-refractivity contribution in [1.82, 2.24) is 9.88 Å². The van der Waals surface area contributed by atoms with Crippen LogP contribution in [0, 0.1) is 5.41 Å². The summed E-state index contributed by atoms with van der Waals surface area (Å²) in [4.78, 5) is 20.7. The minimum Gasteiger partial charge on any atom is -0.444 e. The molecule has 1 amide bonds. The first kappa shape index (κ1) is 16.1. The summed E-state index contributed by atoms with van der Waals surface area (Å²) in [6, 6.07) is 4.14. The van der Waals surface area contributed by atoms with Gasteiger partial charge in [-0.15, -0.1) is 0 Å². The number of piperidine rings is 1. The summed E-state index contributed by atoms with van der Waals surface area (Å²) in [5.74, 6) is 0. The molecule has 0 radical (unpaired) electrons. The normalized spacial score (nSPS) is 25.0. The number of pyridine rings is 1. The molecule has 1 aromatic heterocycles. The van der Waals surface area contributed by atoms with Crippen molar-refractivity contribution in [2.24, 2.45) is 5.41 Å². The Morgan fingerprint density at radius 1 is 1.17 bits per heavy atom. The standard InChI is InChI=1S/C18H27N3O2/c1-17(2,3)23-16(22)21-12-8-18(14-21)7-4-11-20(13-18)15-5-9-19-10-6-15/h5-6,9-10H,4,7-8,11-14H2,1-3H3. The number of likely N-dealkylation sites (tertiary alicyclic amines) is 1. The second-order valence-electron chi connectivity index (χ2n) is 7.88. The molecule has 0 bridgehead atoms. The number of anilines is 1. The van der Waals surface area contributed by atoms with Crippen LogP contribution in [0.1, 0.15) is 40.0 Å². The van der Waals surface area contributed by atoms with Crippen molar-refractivity contribution in [2.45, 2.75) is 45.6 Å². The van der Waals surface area contributed by atoms with Crippen LogP contribution in [-0.4, -0.2) is 47.8 Å². The second-order valence-corrected chi connectivity index (χ2v) is 7.88. The van der Waals surface area contributed by atoms with Gasteiger partial charge in [-0.3, -0.25) is 4.98 Å². The number of rotatable bonds is 1. The third-order valence-corrected chi connectivity index (χ3v) is 4.78. The minimum absolute atomic E-state index is 0.171. The van der Waals surface area contributed by atoms with Crippen LogP contribution >= 0.6 is 0 Å². The van der Waals surface area contributed by atoms with Crippen LogP contribution in [-0.2, 0) is 4.74 Å². The van der Waals surface area contributed by atoms with Crippen molar-refractivity contribution in [3.05, 3.63) is 24.5 Å². The molecule has 2 fully saturated rings. The Kier molecular flexibility index (Phi) is 4.21. The van der Waals surface area contributed by atoms with Crippen molar-refractivity contribution in [1.29, 1.82) is 0 Å². The van der Waals surface area contributed by atoms with Crippen LogP contribution in [0.15, 0.2) is 24.5 Å². The smallest absolute Gasteiger partial charge is 0.410 e. The minimum atomic E-state index is -0.428. The third kappa shape index (κ3) is 3.77. The van der Waals surface area contributed by atoms with Gasteiger partial charge < -0.3 is 14.5 Å². The zero-order chi connectivity index (χ0) is 16.5. The van der Waals surface area contributed by atoms with E-state index in [2.05, 4.69) is 22.0 Å². The van der Waals surface area contributed by atoms with Crippen LogP contribution in [0.25, 0.3) is 0 Å². The van der Waals surface area contributed by atoms with Crippen LogP contribution in [0.2, 0.25) is 0 Å². The molecule has 0 aliphatic carbocycles. The lowest BCUT2D eigenvalue weighted by Gasteiger charge is -2.41. The number of carbonyl (C=O) groups excluding carboxylic acids is 1. The Labute approximate surface area is 138 Å². The largest absolute Gasteiger partial charge is 0.444 e. The highest BCUT2D eigenvalue weighted by atomic mass is 16.6. The van der Waals surface area contributed by atoms with Gasteiger partial charge in [0.05, 0.1) is 0 Å². The summed E-state index contributed by atoms with van der Waals surface area (Å²) in [7, 11) is 0. The van der Waals surface area contributed by atoms with E-state index in [4.69, 9.17) is 4.74 Å². The SMILES string of the molecule is CC(C)(C)OC(=O)N1CCC2(CCCN(c3ccncc3)C2)C1. The fourth-order valence-electron chi connectivity index (χ4n) is 3.73. The monoisotopic (exact) mass is 317 g/mol. The number of ether oxygens (including phenoxy) is 1. The van der Waals surface area contributed by atoms with Gasteiger partial charge in [0.25, 0.3) is 0 Å². The lowest BCUT2D eigenvalue weighted by atomic mass is 9.79. The molecule has 23 heavy (non-hydrogen) atoms. The highest BCUT2D eigenvalue weighted by Crippen LogP contribution is 2.40. The van der Waals surface area contributed by atoms with Gasteiger partial charge in [-0.05, 0) is 52.2 Å².